The van der Waals surface area contributed by atoms with Crippen molar-refractivity contribution in [1.29, 1.82) is 0 Å². The maximum atomic E-state index is 6.22. The Morgan fingerprint density at radius 1 is 0.875 bits per heavy atom. The van der Waals surface area contributed by atoms with Gasteiger partial charge in [-0.15, -0.1) is 0 Å². The maximum Gasteiger partial charge on any atom is 0.288 e. The summed E-state index contributed by atoms with van der Waals surface area (Å²) in [5.41, 5.74) is -0.154. The number of hydrogen-bond donors (Lipinski definition) is 0. The SMILES string of the molecule is CCCCCCCCC(C)(CC)C(OCC)(OCC)OCC1CO1. The van der Waals surface area contributed by atoms with Crippen molar-refractivity contribution in [2.24, 2.45) is 5.41 Å². The summed E-state index contributed by atoms with van der Waals surface area (Å²) in [7, 11) is 0. The Balaban J connectivity index is 2.67. The summed E-state index contributed by atoms with van der Waals surface area (Å²) in [5, 5.41) is 0. The van der Waals surface area contributed by atoms with Gasteiger partial charge >= 0.3 is 0 Å². The van der Waals surface area contributed by atoms with Gasteiger partial charge in [0.25, 0.3) is 5.97 Å². The summed E-state index contributed by atoms with van der Waals surface area (Å²) in [4.78, 5) is 0. The molecule has 1 aliphatic rings. The van der Waals surface area contributed by atoms with E-state index in [9.17, 15) is 0 Å². The smallest absolute Gasteiger partial charge is 0.288 e. The summed E-state index contributed by atoms with van der Waals surface area (Å²) in [5.74, 6) is -0.958. The Bertz CT molecular complexity index is 311. The fraction of sp³-hybridized carbons (Fsp3) is 1.00. The van der Waals surface area contributed by atoms with Gasteiger partial charge in [0.1, 0.15) is 6.10 Å². The molecule has 0 aromatic carbocycles. The monoisotopic (exact) mass is 344 g/mol. The first-order chi connectivity index (χ1) is 11.6. The van der Waals surface area contributed by atoms with E-state index in [0.29, 0.717) is 19.8 Å². The molecule has 0 aromatic rings. The Morgan fingerprint density at radius 2 is 1.46 bits per heavy atom. The Labute approximate surface area is 149 Å². The van der Waals surface area contributed by atoms with Crippen LogP contribution in [0.3, 0.4) is 0 Å². The van der Waals surface area contributed by atoms with Gasteiger partial charge in [0.2, 0.25) is 0 Å². The van der Waals surface area contributed by atoms with Gasteiger partial charge in [-0.1, -0.05) is 59.3 Å². The molecular weight excluding hydrogens is 304 g/mol. The predicted octanol–water partition coefficient (Wildman–Crippen LogP) is 5.30. The van der Waals surface area contributed by atoms with Crippen LogP contribution < -0.4 is 0 Å². The van der Waals surface area contributed by atoms with E-state index in [0.717, 1.165) is 19.4 Å². The predicted molar refractivity (Wildman–Crippen MR) is 98.1 cm³/mol. The molecule has 0 aliphatic carbocycles. The lowest BCUT2D eigenvalue weighted by Gasteiger charge is -2.46. The zero-order valence-electron chi connectivity index (χ0n) is 16.7. The molecule has 2 unspecified atom stereocenters. The van der Waals surface area contributed by atoms with Crippen LogP contribution in [-0.2, 0) is 18.9 Å². The van der Waals surface area contributed by atoms with E-state index in [2.05, 4.69) is 20.8 Å². The lowest BCUT2D eigenvalue weighted by Crippen LogP contribution is -2.53. The van der Waals surface area contributed by atoms with E-state index < -0.39 is 5.97 Å². The molecule has 1 aliphatic heterocycles. The molecule has 2 atom stereocenters. The first-order valence-corrected chi connectivity index (χ1v) is 10.1. The molecule has 1 saturated heterocycles. The minimum absolute atomic E-state index is 0.154. The highest BCUT2D eigenvalue weighted by Crippen LogP contribution is 2.44. The molecule has 1 heterocycles. The molecule has 0 amide bonds. The topological polar surface area (TPSA) is 40.2 Å². The van der Waals surface area contributed by atoms with Gasteiger partial charge in [0, 0.05) is 18.6 Å². The molecule has 0 N–H and O–H groups in total. The van der Waals surface area contributed by atoms with E-state index in [1.54, 1.807) is 0 Å². The minimum Gasteiger partial charge on any atom is -0.371 e. The summed E-state index contributed by atoms with van der Waals surface area (Å²) in [6.07, 6.45) is 10.0. The summed E-state index contributed by atoms with van der Waals surface area (Å²) >= 11 is 0. The standard InChI is InChI=1S/C20H40O4/c1-6-10-11-12-13-14-15-19(5,7-2)20(22-8-3,23-9-4)24-17-18-16-21-18/h18H,6-17H2,1-5H3. The van der Waals surface area contributed by atoms with E-state index in [-0.39, 0.29) is 11.5 Å². The van der Waals surface area contributed by atoms with E-state index >= 15 is 0 Å². The zero-order valence-corrected chi connectivity index (χ0v) is 16.7. The van der Waals surface area contributed by atoms with Crippen LogP contribution >= 0.6 is 0 Å². The van der Waals surface area contributed by atoms with Crippen molar-refractivity contribution in [3.05, 3.63) is 0 Å². The minimum atomic E-state index is -0.958. The molecule has 0 spiro atoms. The van der Waals surface area contributed by atoms with Crippen LogP contribution in [0.2, 0.25) is 0 Å². The van der Waals surface area contributed by atoms with Gasteiger partial charge in [-0.25, -0.2) is 0 Å². The van der Waals surface area contributed by atoms with Crippen molar-refractivity contribution in [3.63, 3.8) is 0 Å². The molecule has 144 valence electrons. The highest BCUT2D eigenvalue weighted by molar-refractivity contribution is 4.85. The first kappa shape index (κ1) is 21.9. The van der Waals surface area contributed by atoms with Crippen molar-refractivity contribution >= 4 is 0 Å². The molecule has 0 saturated carbocycles. The maximum absolute atomic E-state index is 6.22. The van der Waals surface area contributed by atoms with Crippen LogP contribution in [0.1, 0.15) is 86.0 Å². The first-order valence-electron chi connectivity index (χ1n) is 10.1. The van der Waals surface area contributed by atoms with E-state index in [1.807, 2.05) is 13.8 Å². The van der Waals surface area contributed by atoms with Crippen molar-refractivity contribution in [3.8, 4) is 0 Å². The highest BCUT2D eigenvalue weighted by Gasteiger charge is 2.51. The molecule has 0 aromatic heterocycles. The van der Waals surface area contributed by atoms with Gasteiger partial charge in [0.05, 0.1) is 13.2 Å². The second-order valence-electron chi connectivity index (χ2n) is 7.12. The fourth-order valence-electron chi connectivity index (χ4n) is 3.24. The van der Waals surface area contributed by atoms with Crippen molar-refractivity contribution < 1.29 is 18.9 Å². The van der Waals surface area contributed by atoms with E-state index in [1.165, 1.54) is 38.5 Å². The van der Waals surface area contributed by atoms with E-state index in [4.69, 9.17) is 18.9 Å². The largest absolute Gasteiger partial charge is 0.371 e. The number of rotatable bonds is 16. The quantitative estimate of drug-likeness (QED) is 0.216. The van der Waals surface area contributed by atoms with Gasteiger partial charge in [0.15, 0.2) is 0 Å². The molecule has 1 rings (SSSR count). The molecule has 4 heteroatoms. The third-order valence-corrected chi connectivity index (χ3v) is 5.13. The van der Waals surface area contributed by atoms with Gasteiger partial charge in [-0.05, 0) is 26.7 Å². The summed E-state index contributed by atoms with van der Waals surface area (Å²) < 4.78 is 23.7. The second kappa shape index (κ2) is 11.5. The van der Waals surface area contributed by atoms with Crippen LogP contribution in [0, 0.1) is 5.41 Å². The molecular formula is C20H40O4. The zero-order chi connectivity index (χ0) is 17.9. The average molecular weight is 345 g/mol. The van der Waals surface area contributed by atoms with Gasteiger partial charge in [-0.2, -0.15) is 0 Å². The lowest BCUT2D eigenvalue weighted by molar-refractivity contribution is -0.428. The van der Waals surface area contributed by atoms with Crippen molar-refractivity contribution in [1.82, 2.24) is 0 Å². The van der Waals surface area contributed by atoms with Crippen LogP contribution in [0.25, 0.3) is 0 Å². The third-order valence-electron chi connectivity index (χ3n) is 5.13. The Hall–Kier alpha value is -0.160. The Morgan fingerprint density at radius 3 is 1.96 bits per heavy atom. The fourth-order valence-corrected chi connectivity index (χ4v) is 3.24. The normalized spacial score (nSPS) is 20.1. The number of epoxide rings is 1. The molecule has 1 fully saturated rings. The van der Waals surface area contributed by atoms with Crippen molar-refractivity contribution in [2.75, 3.05) is 26.4 Å². The second-order valence-corrected chi connectivity index (χ2v) is 7.12. The van der Waals surface area contributed by atoms with Crippen LogP contribution in [0.15, 0.2) is 0 Å². The summed E-state index contributed by atoms with van der Waals surface area (Å²) in [6, 6.07) is 0. The lowest BCUT2D eigenvalue weighted by atomic mass is 9.79. The average Bonchev–Trinajstić information content (AvgIpc) is 3.40. The Kier molecular flexibility index (Phi) is 10.4. The third kappa shape index (κ3) is 6.62. The molecule has 24 heavy (non-hydrogen) atoms. The molecule has 4 nitrogen and oxygen atoms in total. The van der Waals surface area contributed by atoms with Crippen LogP contribution in [0.5, 0.6) is 0 Å². The van der Waals surface area contributed by atoms with Crippen LogP contribution in [0.4, 0.5) is 0 Å². The van der Waals surface area contributed by atoms with Crippen molar-refractivity contribution in [2.45, 2.75) is 98.1 Å². The number of hydrogen-bond acceptors (Lipinski definition) is 4. The van der Waals surface area contributed by atoms with Crippen LogP contribution in [-0.4, -0.2) is 38.5 Å². The summed E-state index contributed by atoms with van der Waals surface area (Å²) in [6.45, 7) is 13.2. The number of unbranched alkanes of at least 4 members (excludes halogenated alkanes) is 5. The molecule has 0 bridgehead atoms. The van der Waals surface area contributed by atoms with Gasteiger partial charge in [-0.3, -0.25) is 0 Å². The highest BCUT2D eigenvalue weighted by atomic mass is 16.9. The van der Waals surface area contributed by atoms with Gasteiger partial charge < -0.3 is 18.9 Å². The molecule has 0 radical (unpaired) electrons. The number of ether oxygens (including phenoxy) is 4.